The van der Waals surface area contributed by atoms with Gasteiger partial charge in [0, 0.05) is 16.9 Å². The average Bonchev–Trinajstić information content (AvgIpc) is 3.14. The molecule has 1 aromatic carbocycles. The quantitative estimate of drug-likeness (QED) is 0.848. The third-order valence-corrected chi connectivity index (χ3v) is 3.64. The zero-order valence-electron chi connectivity index (χ0n) is 10.5. The van der Waals surface area contributed by atoms with Crippen LogP contribution in [-0.4, -0.2) is 21.8 Å². The van der Waals surface area contributed by atoms with Gasteiger partial charge in [-0.05, 0) is 31.0 Å². The van der Waals surface area contributed by atoms with Crippen molar-refractivity contribution in [2.45, 2.75) is 25.5 Å². The van der Waals surface area contributed by atoms with Crippen LogP contribution in [0.3, 0.4) is 0 Å². The Labute approximate surface area is 119 Å². The molecule has 0 bridgehead atoms. The lowest BCUT2D eigenvalue weighted by Gasteiger charge is -2.03. The second-order valence-electron chi connectivity index (χ2n) is 4.69. The molecule has 1 aromatic heterocycles. The molecule has 0 aliphatic heterocycles. The summed E-state index contributed by atoms with van der Waals surface area (Å²) in [6, 6.07) is 7.69. The molecule has 1 saturated carbocycles. The molecule has 0 saturated heterocycles. The summed E-state index contributed by atoms with van der Waals surface area (Å²) >= 11 is 3.41. The lowest BCUT2D eigenvalue weighted by molar-refractivity contribution is 0.111. The number of ether oxygens (including phenoxy) is 1. The van der Waals surface area contributed by atoms with Gasteiger partial charge in [-0.15, -0.1) is 0 Å². The first-order valence-electron chi connectivity index (χ1n) is 6.39. The van der Waals surface area contributed by atoms with Crippen LogP contribution < -0.4 is 5.69 Å². The zero-order valence-corrected chi connectivity index (χ0v) is 12.0. The van der Waals surface area contributed by atoms with Gasteiger partial charge in [0.1, 0.15) is 0 Å². The van der Waals surface area contributed by atoms with Gasteiger partial charge in [-0.2, -0.15) is 0 Å². The molecular weight excluding hydrogens is 308 g/mol. The van der Waals surface area contributed by atoms with Crippen molar-refractivity contribution in [2.75, 3.05) is 6.61 Å². The molecular formula is C14H15BrN2O2. The fourth-order valence-electron chi connectivity index (χ4n) is 1.96. The predicted octanol–water partition coefficient (Wildman–Crippen LogP) is 2.58. The third kappa shape index (κ3) is 2.98. The van der Waals surface area contributed by atoms with E-state index in [0.717, 1.165) is 23.0 Å². The minimum atomic E-state index is -0.0301. The Hall–Kier alpha value is -1.33. The van der Waals surface area contributed by atoms with Crippen LogP contribution in [0.15, 0.2) is 45.9 Å². The summed E-state index contributed by atoms with van der Waals surface area (Å²) in [7, 11) is 0. The molecule has 0 amide bonds. The number of aromatic nitrogens is 2. The van der Waals surface area contributed by atoms with Crippen molar-refractivity contribution in [3.63, 3.8) is 0 Å². The molecule has 4 nitrogen and oxygen atoms in total. The van der Waals surface area contributed by atoms with Gasteiger partial charge < -0.3 is 4.74 Å². The van der Waals surface area contributed by atoms with Crippen molar-refractivity contribution >= 4 is 15.9 Å². The topological polar surface area (TPSA) is 36.2 Å². The minimum absolute atomic E-state index is 0.0301. The number of hydrogen-bond donors (Lipinski definition) is 0. The van der Waals surface area contributed by atoms with Crippen LogP contribution in [0, 0.1) is 0 Å². The van der Waals surface area contributed by atoms with Crippen molar-refractivity contribution < 1.29 is 4.74 Å². The zero-order chi connectivity index (χ0) is 13.2. The van der Waals surface area contributed by atoms with Gasteiger partial charge in [-0.1, -0.05) is 22.0 Å². The molecule has 1 aliphatic rings. The van der Waals surface area contributed by atoms with Crippen LogP contribution in [0.1, 0.15) is 12.8 Å². The predicted molar refractivity (Wildman–Crippen MR) is 76.7 cm³/mol. The van der Waals surface area contributed by atoms with Gasteiger partial charge in [0.05, 0.1) is 24.9 Å². The summed E-state index contributed by atoms with van der Waals surface area (Å²) in [6.07, 6.45) is 6.35. The molecule has 0 radical (unpaired) electrons. The van der Waals surface area contributed by atoms with E-state index in [1.165, 1.54) is 0 Å². The molecule has 1 heterocycles. The Kier molecular flexibility index (Phi) is 3.57. The molecule has 100 valence electrons. The van der Waals surface area contributed by atoms with Gasteiger partial charge in [0.25, 0.3) is 0 Å². The highest BCUT2D eigenvalue weighted by Gasteiger charge is 2.21. The first-order valence-corrected chi connectivity index (χ1v) is 7.19. The smallest absolute Gasteiger partial charge is 0.332 e. The van der Waals surface area contributed by atoms with Crippen molar-refractivity contribution in [3.05, 3.63) is 51.6 Å². The molecule has 0 N–H and O–H groups in total. The summed E-state index contributed by atoms with van der Waals surface area (Å²) in [4.78, 5) is 12.2. The number of rotatable bonds is 5. The highest BCUT2D eigenvalue weighted by molar-refractivity contribution is 9.10. The van der Waals surface area contributed by atoms with Crippen LogP contribution in [0.4, 0.5) is 0 Å². The Balaban J connectivity index is 1.75. The lowest BCUT2D eigenvalue weighted by atomic mass is 10.3. The third-order valence-electron chi connectivity index (χ3n) is 3.14. The van der Waals surface area contributed by atoms with Crippen LogP contribution in [0.5, 0.6) is 0 Å². The average molecular weight is 323 g/mol. The number of benzene rings is 1. The van der Waals surface area contributed by atoms with E-state index in [1.807, 2.05) is 24.3 Å². The second kappa shape index (κ2) is 5.35. The van der Waals surface area contributed by atoms with Gasteiger partial charge in [0.2, 0.25) is 0 Å². The molecule has 0 atom stereocenters. The van der Waals surface area contributed by atoms with Crippen LogP contribution in [0.2, 0.25) is 0 Å². The van der Waals surface area contributed by atoms with Crippen molar-refractivity contribution in [1.29, 1.82) is 0 Å². The van der Waals surface area contributed by atoms with Gasteiger partial charge in [-0.3, -0.25) is 9.13 Å². The monoisotopic (exact) mass is 322 g/mol. The largest absolute Gasteiger partial charge is 0.376 e. The van der Waals surface area contributed by atoms with Crippen molar-refractivity contribution in [2.24, 2.45) is 0 Å². The van der Waals surface area contributed by atoms with E-state index < -0.39 is 0 Å². The molecule has 5 heteroatoms. The van der Waals surface area contributed by atoms with Crippen molar-refractivity contribution in [3.8, 4) is 5.69 Å². The van der Waals surface area contributed by atoms with Gasteiger partial charge >= 0.3 is 5.69 Å². The molecule has 1 fully saturated rings. The summed E-state index contributed by atoms with van der Waals surface area (Å²) in [6.45, 7) is 1.21. The highest BCUT2D eigenvalue weighted by Crippen LogP contribution is 2.23. The van der Waals surface area contributed by atoms with Crippen LogP contribution >= 0.6 is 15.9 Å². The van der Waals surface area contributed by atoms with E-state index >= 15 is 0 Å². The molecule has 0 unspecified atom stereocenters. The van der Waals surface area contributed by atoms with E-state index in [9.17, 15) is 4.79 Å². The fourth-order valence-corrected chi connectivity index (χ4v) is 2.35. The van der Waals surface area contributed by atoms with Gasteiger partial charge in [-0.25, -0.2) is 4.79 Å². The number of imidazole rings is 1. The minimum Gasteiger partial charge on any atom is -0.376 e. The SMILES string of the molecule is O=c1n(CCOC2CC2)ccn1-c1cccc(Br)c1. The van der Waals surface area contributed by atoms with Gasteiger partial charge in [0.15, 0.2) is 0 Å². The first kappa shape index (κ1) is 12.7. The van der Waals surface area contributed by atoms with E-state index in [4.69, 9.17) is 4.74 Å². The molecule has 19 heavy (non-hydrogen) atoms. The number of nitrogens with zero attached hydrogens (tertiary/aromatic N) is 2. The maximum absolute atomic E-state index is 12.2. The Morgan fingerprint density at radius 1 is 1.32 bits per heavy atom. The van der Waals surface area contributed by atoms with E-state index in [2.05, 4.69) is 15.9 Å². The normalized spacial score (nSPS) is 14.8. The van der Waals surface area contributed by atoms with E-state index in [-0.39, 0.29) is 5.69 Å². The maximum atomic E-state index is 12.2. The van der Waals surface area contributed by atoms with E-state index in [1.54, 1.807) is 21.5 Å². The molecule has 0 spiro atoms. The summed E-state index contributed by atoms with van der Waals surface area (Å²) in [5.74, 6) is 0. The Morgan fingerprint density at radius 3 is 2.89 bits per heavy atom. The van der Waals surface area contributed by atoms with Crippen molar-refractivity contribution in [1.82, 2.24) is 9.13 Å². The lowest BCUT2D eigenvalue weighted by Crippen LogP contribution is -2.24. The fraction of sp³-hybridized carbons (Fsp3) is 0.357. The standard InChI is InChI=1S/C14H15BrN2O2/c15-11-2-1-3-12(10-11)17-7-6-16(14(17)18)8-9-19-13-4-5-13/h1-3,6-7,10,13H,4-5,8-9H2. The molecule has 1 aliphatic carbocycles. The second-order valence-corrected chi connectivity index (χ2v) is 5.61. The maximum Gasteiger partial charge on any atom is 0.332 e. The molecule has 3 rings (SSSR count). The molecule has 2 aromatic rings. The highest BCUT2D eigenvalue weighted by atomic mass is 79.9. The Bertz CT molecular complexity index is 628. The summed E-state index contributed by atoms with van der Waals surface area (Å²) in [5.41, 5.74) is 0.832. The Morgan fingerprint density at radius 2 is 2.16 bits per heavy atom. The number of hydrogen-bond acceptors (Lipinski definition) is 2. The van der Waals surface area contributed by atoms with E-state index in [0.29, 0.717) is 19.3 Å². The first-order chi connectivity index (χ1) is 9.24. The summed E-state index contributed by atoms with van der Waals surface area (Å²) < 4.78 is 9.85. The summed E-state index contributed by atoms with van der Waals surface area (Å²) in [5, 5.41) is 0. The van der Waals surface area contributed by atoms with Crippen LogP contribution in [-0.2, 0) is 11.3 Å². The van der Waals surface area contributed by atoms with Crippen LogP contribution in [0.25, 0.3) is 5.69 Å². The number of halogens is 1.